The third kappa shape index (κ3) is 4.94. The van der Waals surface area contributed by atoms with E-state index in [1.165, 1.54) is 4.90 Å². The van der Waals surface area contributed by atoms with Gasteiger partial charge in [0, 0.05) is 41.0 Å². The number of aliphatic hydroxyl groups is 1. The summed E-state index contributed by atoms with van der Waals surface area (Å²) in [6.07, 6.45) is 6.01. The normalized spacial score (nSPS) is 16.8. The van der Waals surface area contributed by atoms with E-state index in [2.05, 4.69) is 13.8 Å². The van der Waals surface area contributed by atoms with E-state index in [0.29, 0.717) is 23.6 Å². The summed E-state index contributed by atoms with van der Waals surface area (Å²) < 4.78 is 7.79. The molecule has 200 valence electrons. The average molecular weight is 523 g/mol. The molecule has 0 bridgehead atoms. The second-order valence-corrected chi connectivity index (χ2v) is 9.98. The summed E-state index contributed by atoms with van der Waals surface area (Å²) in [5.74, 6) is -0.860. The van der Waals surface area contributed by atoms with Gasteiger partial charge in [0.1, 0.15) is 11.5 Å². The number of ketones is 1. The fourth-order valence-electron chi connectivity index (χ4n) is 5.28. The third-order valence-corrected chi connectivity index (χ3v) is 7.43. The molecule has 39 heavy (non-hydrogen) atoms. The van der Waals surface area contributed by atoms with Crippen LogP contribution in [0.3, 0.4) is 0 Å². The van der Waals surface area contributed by atoms with E-state index in [1.807, 2.05) is 66.3 Å². The molecular formula is C33H34N2O4. The van der Waals surface area contributed by atoms with Gasteiger partial charge in [0.25, 0.3) is 11.7 Å². The molecule has 0 saturated carbocycles. The highest BCUT2D eigenvalue weighted by atomic mass is 16.5. The summed E-state index contributed by atoms with van der Waals surface area (Å²) in [6.45, 7) is 4.84. The number of hydrogen-bond donors (Lipinski definition) is 1. The quantitative estimate of drug-likeness (QED) is 0.112. The summed E-state index contributed by atoms with van der Waals surface area (Å²) in [4.78, 5) is 28.7. The highest BCUT2D eigenvalue weighted by Crippen LogP contribution is 2.44. The first-order chi connectivity index (χ1) is 18.9. The lowest BCUT2D eigenvalue weighted by atomic mass is 9.94. The number of amides is 1. The van der Waals surface area contributed by atoms with Crippen LogP contribution < -0.4 is 9.64 Å². The van der Waals surface area contributed by atoms with Crippen LogP contribution in [0.1, 0.15) is 55.8 Å². The van der Waals surface area contributed by atoms with Crippen molar-refractivity contribution in [3.8, 4) is 5.75 Å². The van der Waals surface area contributed by atoms with Crippen molar-refractivity contribution in [2.75, 3.05) is 11.5 Å². The van der Waals surface area contributed by atoms with E-state index in [4.69, 9.17) is 4.74 Å². The van der Waals surface area contributed by atoms with Crippen molar-refractivity contribution in [1.82, 2.24) is 4.57 Å². The Kier molecular flexibility index (Phi) is 7.55. The van der Waals surface area contributed by atoms with Gasteiger partial charge in [-0.25, -0.2) is 0 Å². The zero-order chi connectivity index (χ0) is 27.5. The van der Waals surface area contributed by atoms with Crippen molar-refractivity contribution >= 4 is 34.0 Å². The van der Waals surface area contributed by atoms with E-state index < -0.39 is 17.7 Å². The number of unbranched alkanes of at least 4 members (excludes halogenated alkanes) is 2. The number of Topliss-reactive ketones (excluding diaryl/α,β-unsaturated/α-hetero) is 1. The standard InChI is InChI=1S/C33H34N2O4/c1-4-6-9-20-39-25-18-14-23(15-19-25)31(36)29-30(27-21-34(3)28-11-8-7-10-26(27)28)35(33(38)32(29)37)24-16-12-22(5-2)13-17-24/h7-8,10-19,21,30,36H,4-6,9,20H2,1-3H3/b31-29+. The first-order valence-corrected chi connectivity index (χ1v) is 13.6. The SMILES string of the molecule is CCCCCOc1ccc(/C(O)=C2\C(=O)C(=O)N(c3ccc(CC)cc3)C2c2cn(C)c3ccccc23)cc1. The van der Waals surface area contributed by atoms with Crippen LogP contribution in [0.15, 0.2) is 84.6 Å². The molecule has 1 fully saturated rings. The van der Waals surface area contributed by atoms with Crippen molar-refractivity contribution < 1.29 is 19.4 Å². The number of aliphatic hydroxyl groups excluding tert-OH is 1. The van der Waals surface area contributed by atoms with Crippen LogP contribution in [0, 0.1) is 0 Å². The number of para-hydroxylation sites is 1. The van der Waals surface area contributed by atoms with Crippen LogP contribution in [0.4, 0.5) is 5.69 Å². The molecule has 6 heteroatoms. The van der Waals surface area contributed by atoms with Crippen LogP contribution in [-0.2, 0) is 23.1 Å². The maximum absolute atomic E-state index is 13.6. The van der Waals surface area contributed by atoms with E-state index in [1.54, 1.807) is 24.3 Å². The predicted molar refractivity (Wildman–Crippen MR) is 155 cm³/mol. The van der Waals surface area contributed by atoms with E-state index in [0.717, 1.165) is 47.7 Å². The molecule has 2 heterocycles. The van der Waals surface area contributed by atoms with Crippen molar-refractivity contribution in [3.63, 3.8) is 0 Å². The van der Waals surface area contributed by atoms with Gasteiger partial charge in [-0.3, -0.25) is 14.5 Å². The molecule has 4 aromatic rings. The Morgan fingerprint density at radius 3 is 2.33 bits per heavy atom. The van der Waals surface area contributed by atoms with E-state index in [9.17, 15) is 14.7 Å². The number of anilines is 1. The lowest BCUT2D eigenvalue weighted by Gasteiger charge is -2.25. The minimum atomic E-state index is -0.784. The van der Waals surface area contributed by atoms with Gasteiger partial charge in [0.05, 0.1) is 18.2 Å². The fraction of sp³-hybridized carbons (Fsp3) is 0.273. The molecule has 1 aliphatic rings. The van der Waals surface area contributed by atoms with Crippen molar-refractivity contribution in [2.24, 2.45) is 7.05 Å². The number of aromatic nitrogens is 1. The van der Waals surface area contributed by atoms with Crippen LogP contribution in [0.5, 0.6) is 5.75 Å². The average Bonchev–Trinajstić information content (AvgIpc) is 3.44. The minimum absolute atomic E-state index is 0.0764. The second kappa shape index (κ2) is 11.2. The molecule has 1 atom stereocenters. The maximum atomic E-state index is 13.6. The molecule has 0 spiro atoms. The van der Waals surface area contributed by atoms with Gasteiger partial charge in [0.15, 0.2) is 0 Å². The van der Waals surface area contributed by atoms with Crippen molar-refractivity contribution in [2.45, 2.75) is 45.6 Å². The number of rotatable bonds is 9. The Balaban J connectivity index is 1.62. The van der Waals surface area contributed by atoms with E-state index in [-0.39, 0.29) is 11.3 Å². The molecular weight excluding hydrogens is 488 g/mol. The Morgan fingerprint density at radius 2 is 1.64 bits per heavy atom. The zero-order valence-electron chi connectivity index (χ0n) is 22.7. The Hall–Kier alpha value is -4.32. The number of hydrogen-bond acceptors (Lipinski definition) is 4. The van der Waals surface area contributed by atoms with E-state index >= 15 is 0 Å². The fourth-order valence-corrected chi connectivity index (χ4v) is 5.28. The predicted octanol–water partition coefficient (Wildman–Crippen LogP) is 6.94. The maximum Gasteiger partial charge on any atom is 0.300 e. The molecule has 1 N–H and O–H groups in total. The third-order valence-electron chi connectivity index (χ3n) is 7.43. The summed E-state index contributed by atoms with van der Waals surface area (Å²) in [5, 5.41) is 12.5. The molecule has 3 aromatic carbocycles. The summed E-state index contributed by atoms with van der Waals surface area (Å²) in [5.41, 5.74) is 4.04. The Morgan fingerprint density at radius 1 is 0.923 bits per heavy atom. The van der Waals surface area contributed by atoms with Crippen LogP contribution in [0.25, 0.3) is 16.7 Å². The summed E-state index contributed by atoms with van der Waals surface area (Å²) in [6, 6.07) is 21.8. The lowest BCUT2D eigenvalue weighted by molar-refractivity contribution is -0.132. The number of ether oxygens (including phenoxy) is 1. The smallest absolute Gasteiger partial charge is 0.300 e. The minimum Gasteiger partial charge on any atom is -0.507 e. The summed E-state index contributed by atoms with van der Waals surface area (Å²) in [7, 11) is 1.94. The lowest BCUT2D eigenvalue weighted by Crippen LogP contribution is -2.29. The number of carbonyl (C=O) groups is 2. The molecule has 1 amide bonds. The highest BCUT2D eigenvalue weighted by molar-refractivity contribution is 6.51. The first kappa shape index (κ1) is 26.3. The Labute approximate surface area is 229 Å². The molecule has 0 radical (unpaired) electrons. The Bertz CT molecular complexity index is 1530. The monoisotopic (exact) mass is 522 g/mol. The number of nitrogens with zero attached hydrogens (tertiary/aromatic N) is 2. The van der Waals surface area contributed by atoms with Crippen LogP contribution in [0.2, 0.25) is 0 Å². The molecule has 1 saturated heterocycles. The second-order valence-electron chi connectivity index (χ2n) is 9.98. The molecule has 1 aliphatic heterocycles. The molecule has 6 nitrogen and oxygen atoms in total. The number of benzene rings is 3. The van der Waals surface area contributed by atoms with Crippen LogP contribution in [-0.4, -0.2) is 28.0 Å². The van der Waals surface area contributed by atoms with Gasteiger partial charge < -0.3 is 14.4 Å². The topological polar surface area (TPSA) is 71.8 Å². The highest BCUT2D eigenvalue weighted by Gasteiger charge is 2.47. The van der Waals surface area contributed by atoms with Crippen molar-refractivity contribution in [3.05, 3.63) is 101 Å². The van der Waals surface area contributed by atoms with Gasteiger partial charge >= 0.3 is 0 Å². The molecule has 1 unspecified atom stereocenters. The van der Waals surface area contributed by atoms with Gasteiger partial charge in [-0.05, 0) is 60.9 Å². The van der Waals surface area contributed by atoms with Gasteiger partial charge in [-0.1, -0.05) is 57.0 Å². The number of carbonyl (C=O) groups excluding carboxylic acids is 2. The van der Waals surface area contributed by atoms with Gasteiger partial charge in [-0.15, -0.1) is 0 Å². The summed E-state index contributed by atoms with van der Waals surface area (Å²) >= 11 is 0. The zero-order valence-corrected chi connectivity index (χ0v) is 22.7. The molecule has 0 aliphatic carbocycles. The molecule has 1 aromatic heterocycles. The van der Waals surface area contributed by atoms with Crippen LogP contribution >= 0.6 is 0 Å². The van der Waals surface area contributed by atoms with Gasteiger partial charge in [-0.2, -0.15) is 0 Å². The first-order valence-electron chi connectivity index (χ1n) is 13.6. The number of aryl methyl sites for hydroxylation is 2. The largest absolute Gasteiger partial charge is 0.507 e. The molecule has 5 rings (SSSR count). The number of fused-ring (bicyclic) bond motifs is 1. The van der Waals surface area contributed by atoms with Gasteiger partial charge in [0.2, 0.25) is 0 Å². The van der Waals surface area contributed by atoms with Crippen molar-refractivity contribution in [1.29, 1.82) is 0 Å².